The lowest BCUT2D eigenvalue weighted by Gasteiger charge is -2.33. The van der Waals surface area contributed by atoms with Crippen LogP contribution in [0.1, 0.15) is 83.8 Å². The zero-order chi connectivity index (χ0) is 28.9. The topological polar surface area (TPSA) is 142 Å². The molecule has 3 aromatic heterocycles. The Morgan fingerprint density at radius 2 is 1.77 bits per heavy atom. The van der Waals surface area contributed by atoms with Crippen molar-refractivity contribution in [1.29, 1.82) is 10.5 Å². The summed E-state index contributed by atoms with van der Waals surface area (Å²) in [6, 6.07) is 12.4. The molecule has 0 aliphatic heterocycles. The highest BCUT2D eigenvalue weighted by Gasteiger charge is 2.33. The van der Waals surface area contributed by atoms with Crippen molar-refractivity contribution in [3.8, 4) is 23.3 Å². The van der Waals surface area contributed by atoms with Crippen LogP contribution in [0.25, 0.3) is 21.3 Å². The van der Waals surface area contributed by atoms with Crippen LogP contribution < -0.4 is 16.8 Å². The maximum Gasteiger partial charge on any atom is 0.268 e. The van der Waals surface area contributed by atoms with Crippen molar-refractivity contribution < 1.29 is 4.79 Å². The van der Waals surface area contributed by atoms with Crippen molar-refractivity contribution >= 4 is 55.3 Å². The van der Waals surface area contributed by atoms with E-state index in [1.54, 1.807) is 0 Å². The molecule has 9 heteroatoms. The summed E-state index contributed by atoms with van der Waals surface area (Å²) < 4.78 is 0. The van der Waals surface area contributed by atoms with Gasteiger partial charge in [-0.2, -0.15) is 10.5 Å². The molecule has 1 aliphatic rings. The molecule has 204 valence electrons. The van der Waals surface area contributed by atoms with E-state index in [1.165, 1.54) is 21.8 Å². The average molecular weight is 569 g/mol. The van der Waals surface area contributed by atoms with E-state index in [-0.39, 0.29) is 27.4 Å². The van der Waals surface area contributed by atoms with E-state index in [4.69, 9.17) is 11.5 Å². The Kier molecular flexibility index (Phi) is 7.08. The summed E-state index contributed by atoms with van der Waals surface area (Å²) in [5.41, 5.74) is 17.6. The van der Waals surface area contributed by atoms with Crippen LogP contribution >= 0.6 is 22.7 Å². The van der Waals surface area contributed by atoms with Crippen LogP contribution in [0.15, 0.2) is 24.3 Å². The number of rotatable bonds is 4. The molecule has 0 spiro atoms. The van der Waals surface area contributed by atoms with E-state index >= 15 is 0 Å². The quantitative estimate of drug-likeness (QED) is 0.233. The highest BCUT2D eigenvalue weighted by molar-refractivity contribution is 7.21. The summed E-state index contributed by atoms with van der Waals surface area (Å²) in [7, 11) is 0. The molecule has 0 radical (unpaired) electrons. The zero-order valence-electron chi connectivity index (χ0n) is 23.3. The molecule has 3 heterocycles. The first-order valence-electron chi connectivity index (χ1n) is 13.3. The van der Waals surface area contributed by atoms with Gasteiger partial charge in [-0.15, -0.1) is 22.7 Å². The average Bonchev–Trinajstić information content (AvgIpc) is 3.43. The lowest BCUT2D eigenvalue weighted by atomic mass is 9.72. The number of aromatic nitrogens is 1. The van der Waals surface area contributed by atoms with Gasteiger partial charge in [0, 0.05) is 15.8 Å². The number of fused-ring (bicyclic) bond motifs is 2. The minimum absolute atomic E-state index is 0.0947. The highest BCUT2D eigenvalue weighted by Crippen LogP contribution is 2.46. The van der Waals surface area contributed by atoms with Gasteiger partial charge in [0.1, 0.15) is 38.2 Å². The predicted octanol–water partition coefficient (Wildman–Crippen LogP) is 7.46. The molecule has 1 aliphatic carbocycles. The van der Waals surface area contributed by atoms with Crippen LogP contribution in [0, 0.1) is 34.0 Å². The number of nitrogens with one attached hydrogen (secondary N) is 1. The molecule has 0 bridgehead atoms. The number of nitrogens with zero attached hydrogens (tertiary/aromatic N) is 3. The Morgan fingerprint density at radius 3 is 2.38 bits per heavy atom. The number of anilines is 3. The maximum atomic E-state index is 13.6. The van der Waals surface area contributed by atoms with Gasteiger partial charge in [-0.1, -0.05) is 58.9 Å². The molecule has 1 atom stereocenters. The van der Waals surface area contributed by atoms with Crippen LogP contribution in [-0.2, 0) is 12.8 Å². The number of pyridine rings is 1. The molecule has 5 N–H and O–H groups in total. The summed E-state index contributed by atoms with van der Waals surface area (Å²) in [5.74, 6) is 0.568. The molecule has 4 aromatic rings. The number of thiophene rings is 2. The Morgan fingerprint density at radius 1 is 1.10 bits per heavy atom. The van der Waals surface area contributed by atoms with E-state index < -0.39 is 5.91 Å². The summed E-state index contributed by atoms with van der Waals surface area (Å²) in [6.07, 6.45) is 2.75. The van der Waals surface area contributed by atoms with E-state index in [1.807, 2.05) is 24.3 Å². The van der Waals surface area contributed by atoms with Gasteiger partial charge in [0.15, 0.2) is 0 Å². The number of hydrogen-bond donors (Lipinski definition) is 3. The van der Waals surface area contributed by atoms with E-state index in [0.29, 0.717) is 38.2 Å². The third-order valence-electron chi connectivity index (χ3n) is 7.92. The molecular formula is C31H32N6OS2. The second-order valence-corrected chi connectivity index (χ2v) is 13.8. The first-order chi connectivity index (χ1) is 18.9. The number of benzene rings is 1. The predicted molar refractivity (Wildman–Crippen MR) is 165 cm³/mol. The highest BCUT2D eigenvalue weighted by atomic mass is 32.1. The normalized spacial score (nSPS) is 15.1. The fourth-order valence-corrected chi connectivity index (χ4v) is 7.75. The zero-order valence-corrected chi connectivity index (χ0v) is 24.9. The molecule has 0 fully saturated rings. The monoisotopic (exact) mass is 568 g/mol. The Labute approximate surface area is 242 Å². The van der Waals surface area contributed by atoms with Gasteiger partial charge in [-0.25, -0.2) is 4.98 Å². The van der Waals surface area contributed by atoms with Gasteiger partial charge in [-0.3, -0.25) is 4.79 Å². The van der Waals surface area contributed by atoms with Gasteiger partial charge >= 0.3 is 0 Å². The number of hydrogen-bond acceptors (Lipinski definition) is 8. The van der Waals surface area contributed by atoms with Crippen molar-refractivity contribution in [2.45, 2.75) is 59.8 Å². The second kappa shape index (κ2) is 10.2. The molecule has 1 unspecified atom stereocenters. The Balaban J connectivity index is 1.56. The SMILES string of the molecule is CC(C)c1ccc(-c2c(C#N)c(N)nc3sc(C(=O)Nc4sc5c(c4C#N)CCC(C(C)(C)C)C5)c(N)c23)cc1. The van der Waals surface area contributed by atoms with Gasteiger partial charge in [0.2, 0.25) is 0 Å². The largest absolute Gasteiger partial charge is 0.397 e. The van der Waals surface area contributed by atoms with Crippen LogP contribution in [0.5, 0.6) is 0 Å². The number of carbonyl (C=O) groups is 1. The van der Waals surface area contributed by atoms with Crippen LogP contribution in [0.3, 0.4) is 0 Å². The number of nitrogen functional groups attached to an aromatic ring is 2. The molecule has 0 saturated heterocycles. The summed E-state index contributed by atoms with van der Waals surface area (Å²) in [6.45, 7) is 11.0. The standard InChI is InChI=1S/C31H32N6OS2/c1-15(2)16-6-8-17(9-7-16)23-21(14-33)27(35)36-30-24(23)25(34)26(40-30)28(38)37-29-20(13-32)19-11-10-18(31(3,4)5)12-22(19)39-29/h6-9,15,18H,10-12,34H2,1-5H3,(H2,35,36)(H,37,38). The Hall–Kier alpha value is -3.92. The third-order valence-corrected chi connectivity index (χ3v) is 10.2. The smallest absolute Gasteiger partial charge is 0.268 e. The lowest BCUT2D eigenvalue weighted by molar-refractivity contribution is 0.103. The van der Waals surface area contributed by atoms with E-state index in [2.05, 4.69) is 57.1 Å². The number of amides is 1. The molecule has 1 amide bonds. The molecule has 1 aromatic carbocycles. The minimum Gasteiger partial charge on any atom is -0.397 e. The molecule has 5 rings (SSSR count). The molecule has 7 nitrogen and oxygen atoms in total. The lowest BCUT2D eigenvalue weighted by Crippen LogP contribution is -2.26. The summed E-state index contributed by atoms with van der Waals surface area (Å²) in [4.78, 5) is 20.0. The fraction of sp³-hybridized carbons (Fsp3) is 0.355. The second-order valence-electron chi connectivity index (χ2n) is 11.7. The summed E-state index contributed by atoms with van der Waals surface area (Å²) >= 11 is 2.62. The van der Waals surface area contributed by atoms with Gasteiger partial charge < -0.3 is 16.8 Å². The van der Waals surface area contributed by atoms with Gasteiger partial charge in [0.05, 0.1) is 11.3 Å². The minimum atomic E-state index is -0.402. The van der Waals surface area contributed by atoms with Crippen molar-refractivity contribution in [3.05, 3.63) is 56.3 Å². The first-order valence-corrected chi connectivity index (χ1v) is 15.0. The van der Waals surface area contributed by atoms with Crippen molar-refractivity contribution in [1.82, 2.24) is 4.98 Å². The third kappa shape index (κ3) is 4.70. The fourth-order valence-electron chi connectivity index (χ4n) is 5.47. The molecular weight excluding hydrogens is 537 g/mol. The van der Waals surface area contributed by atoms with Crippen LogP contribution in [-0.4, -0.2) is 10.9 Å². The first kappa shape index (κ1) is 27.6. The van der Waals surface area contributed by atoms with Gasteiger partial charge in [-0.05, 0) is 53.2 Å². The van der Waals surface area contributed by atoms with Crippen LogP contribution in [0.4, 0.5) is 16.5 Å². The van der Waals surface area contributed by atoms with E-state index in [0.717, 1.165) is 41.7 Å². The Bertz CT molecular complexity index is 1730. The number of carbonyl (C=O) groups excluding carboxylic acids is 1. The van der Waals surface area contributed by atoms with Crippen molar-refractivity contribution in [2.24, 2.45) is 11.3 Å². The maximum absolute atomic E-state index is 13.6. The van der Waals surface area contributed by atoms with Crippen LogP contribution in [0.2, 0.25) is 0 Å². The number of nitriles is 2. The number of nitrogens with two attached hydrogens (primary N) is 2. The van der Waals surface area contributed by atoms with Crippen molar-refractivity contribution in [2.75, 3.05) is 16.8 Å². The van der Waals surface area contributed by atoms with E-state index in [9.17, 15) is 15.3 Å². The molecule has 0 saturated carbocycles. The summed E-state index contributed by atoms with van der Waals surface area (Å²) in [5, 5.41) is 24.0. The van der Waals surface area contributed by atoms with Crippen molar-refractivity contribution in [3.63, 3.8) is 0 Å². The van der Waals surface area contributed by atoms with Gasteiger partial charge in [0.25, 0.3) is 5.91 Å². The molecule has 40 heavy (non-hydrogen) atoms.